The molecule has 1 N–H and O–H groups in total. The molecule has 0 aliphatic carbocycles. The van der Waals surface area contributed by atoms with Crippen LogP contribution in [-0.2, 0) is 0 Å². The monoisotopic (exact) mass is 509 g/mol. The average Bonchev–Trinajstić information content (AvgIpc) is 2.33. The summed E-state index contributed by atoms with van der Waals surface area (Å²) in [6.07, 6.45) is 0. The van der Waals surface area contributed by atoms with E-state index in [1.54, 1.807) is 6.07 Å². The second-order valence-electron chi connectivity index (χ2n) is 3.67. The van der Waals surface area contributed by atoms with E-state index in [0.717, 1.165) is 17.9 Å². The van der Waals surface area contributed by atoms with Gasteiger partial charge in [-0.3, -0.25) is 4.79 Å². The number of anilines is 1. The van der Waals surface area contributed by atoms with E-state index in [-0.39, 0.29) is 5.91 Å². The highest BCUT2D eigenvalue weighted by atomic mass is 79.9. The van der Waals surface area contributed by atoms with E-state index < -0.39 is 0 Å². The Balaban J connectivity index is 2.31. The van der Waals surface area contributed by atoms with Crippen LogP contribution in [0, 0.1) is 0 Å². The van der Waals surface area contributed by atoms with E-state index in [4.69, 9.17) is 0 Å². The SMILES string of the molecule is O=C(Nc1c(Br)cccc1Br)c1ccc(Br)cc1Br. The second kappa shape index (κ2) is 6.52. The van der Waals surface area contributed by atoms with Crippen LogP contribution in [0.2, 0.25) is 0 Å². The Morgan fingerprint density at radius 2 is 1.53 bits per heavy atom. The van der Waals surface area contributed by atoms with Crippen LogP contribution in [0.25, 0.3) is 0 Å². The number of amides is 1. The summed E-state index contributed by atoms with van der Waals surface area (Å²) in [5.74, 6) is -0.174. The van der Waals surface area contributed by atoms with Crippen LogP contribution in [0.1, 0.15) is 10.4 Å². The summed E-state index contributed by atoms with van der Waals surface area (Å²) < 4.78 is 3.30. The van der Waals surface area contributed by atoms with Crippen molar-refractivity contribution in [2.75, 3.05) is 5.32 Å². The maximum Gasteiger partial charge on any atom is 0.256 e. The van der Waals surface area contributed by atoms with Crippen molar-refractivity contribution in [2.24, 2.45) is 0 Å². The van der Waals surface area contributed by atoms with Crippen molar-refractivity contribution in [1.29, 1.82) is 0 Å². The lowest BCUT2D eigenvalue weighted by molar-refractivity contribution is 0.102. The average molecular weight is 513 g/mol. The second-order valence-corrected chi connectivity index (χ2v) is 7.15. The molecule has 0 aliphatic rings. The standard InChI is InChI=1S/C13H7Br4NO/c14-7-4-5-8(11(17)6-7)13(19)18-12-9(15)2-1-3-10(12)16/h1-6H,(H,18,19). The lowest BCUT2D eigenvalue weighted by Gasteiger charge is -2.10. The third-order valence-corrected chi connectivity index (χ3v) is 4.85. The van der Waals surface area contributed by atoms with Crippen molar-refractivity contribution in [3.8, 4) is 0 Å². The maximum absolute atomic E-state index is 12.3. The molecule has 2 aromatic carbocycles. The molecule has 0 bridgehead atoms. The predicted octanol–water partition coefficient (Wildman–Crippen LogP) is 5.99. The number of halogens is 4. The van der Waals surface area contributed by atoms with E-state index in [2.05, 4.69) is 69.0 Å². The van der Waals surface area contributed by atoms with Gasteiger partial charge in [0.2, 0.25) is 0 Å². The van der Waals surface area contributed by atoms with Crippen LogP contribution in [0.5, 0.6) is 0 Å². The van der Waals surface area contributed by atoms with Crippen LogP contribution in [0.3, 0.4) is 0 Å². The first-order chi connectivity index (χ1) is 8.99. The summed E-state index contributed by atoms with van der Waals surface area (Å²) in [4.78, 5) is 12.3. The molecular formula is C13H7Br4NO. The first-order valence-electron chi connectivity index (χ1n) is 5.19. The summed E-state index contributed by atoms with van der Waals surface area (Å²) >= 11 is 13.6. The minimum atomic E-state index is -0.174. The summed E-state index contributed by atoms with van der Waals surface area (Å²) in [5.41, 5.74) is 1.29. The fourth-order valence-corrected chi connectivity index (χ4v) is 3.90. The maximum atomic E-state index is 12.3. The topological polar surface area (TPSA) is 29.1 Å². The molecule has 1 amide bonds. The van der Waals surface area contributed by atoms with Gasteiger partial charge in [-0.1, -0.05) is 22.0 Å². The zero-order valence-electron chi connectivity index (χ0n) is 9.38. The lowest BCUT2D eigenvalue weighted by atomic mass is 10.2. The molecule has 0 fully saturated rings. The molecule has 0 atom stereocenters. The van der Waals surface area contributed by atoms with E-state index in [0.29, 0.717) is 11.3 Å². The molecule has 2 aromatic rings. The molecule has 0 heterocycles. The first kappa shape index (κ1) is 15.2. The summed E-state index contributed by atoms with van der Waals surface area (Å²) in [7, 11) is 0. The highest BCUT2D eigenvalue weighted by Crippen LogP contribution is 2.31. The fraction of sp³-hybridized carbons (Fsp3) is 0. The molecule has 0 aromatic heterocycles. The van der Waals surface area contributed by atoms with E-state index >= 15 is 0 Å². The van der Waals surface area contributed by atoms with Gasteiger partial charge in [0.05, 0.1) is 11.3 Å². The molecule has 6 heteroatoms. The highest BCUT2D eigenvalue weighted by Gasteiger charge is 2.13. The Kier molecular flexibility index (Phi) is 5.22. The van der Waals surface area contributed by atoms with Gasteiger partial charge < -0.3 is 5.32 Å². The molecule has 2 nitrogen and oxygen atoms in total. The smallest absolute Gasteiger partial charge is 0.256 e. The van der Waals surface area contributed by atoms with Crippen LogP contribution >= 0.6 is 63.7 Å². The Hall–Kier alpha value is -0.170. The minimum absolute atomic E-state index is 0.174. The fourth-order valence-electron chi connectivity index (χ4n) is 1.47. The third-order valence-electron chi connectivity index (χ3n) is 2.38. The van der Waals surface area contributed by atoms with Crippen molar-refractivity contribution < 1.29 is 4.79 Å². The number of hydrogen-bond donors (Lipinski definition) is 1. The van der Waals surface area contributed by atoms with Gasteiger partial charge in [-0.15, -0.1) is 0 Å². The molecule has 98 valence electrons. The number of rotatable bonds is 2. The molecular weight excluding hydrogens is 506 g/mol. The Morgan fingerprint density at radius 1 is 0.895 bits per heavy atom. The number of nitrogens with one attached hydrogen (secondary N) is 1. The number of benzene rings is 2. The van der Waals surface area contributed by atoms with E-state index in [1.165, 1.54) is 0 Å². The summed E-state index contributed by atoms with van der Waals surface area (Å²) in [6, 6.07) is 11.1. The first-order valence-corrected chi connectivity index (χ1v) is 8.36. The van der Waals surface area contributed by atoms with Crippen LogP contribution in [-0.4, -0.2) is 5.91 Å². The van der Waals surface area contributed by atoms with Gasteiger partial charge >= 0.3 is 0 Å². The Morgan fingerprint density at radius 3 is 2.11 bits per heavy atom. The molecule has 0 saturated carbocycles. The van der Waals surface area contributed by atoms with Gasteiger partial charge in [-0.2, -0.15) is 0 Å². The zero-order valence-corrected chi connectivity index (χ0v) is 15.7. The van der Waals surface area contributed by atoms with Crippen LogP contribution in [0.4, 0.5) is 5.69 Å². The van der Waals surface area contributed by atoms with Gasteiger partial charge in [0.15, 0.2) is 0 Å². The molecule has 0 unspecified atom stereocenters. The quantitative estimate of drug-likeness (QED) is 0.526. The number of carbonyl (C=O) groups excluding carboxylic acids is 1. The van der Waals surface area contributed by atoms with Crippen molar-refractivity contribution in [1.82, 2.24) is 0 Å². The van der Waals surface area contributed by atoms with Crippen LogP contribution in [0.15, 0.2) is 54.3 Å². The normalized spacial score (nSPS) is 10.3. The van der Waals surface area contributed by atoms with Crippen LogP contribution < -0.4 is 5.32 Å². The summed E-state index contributed by atoms with van der Waals surface area (Å²) in [6.45, 7) is 0. The third kappa shape index (κ3) is 3.68. The van der Waals surface area contributed by atoms with E-state index in [1.807, 2.05) is 30.3 Å². The zero-order chi connectivity index (χ0) is 14.0. The lowest BCUT2D eigenvalue weighted by Crippen LogP contribution is -2.13. The van der Waals surface area contributed by atoms with Gasteiger partial charge in [0.1, 0.15) is 0 Å². The molecule has 0 aliphatic heterocycles. The Bertz CT molecular complexity index is 622. The molecule has 0 spiro atoms. The highest BCUT2D eigenvalue weighted by molar-refractivity contribution is 9.11. The van der Waals surface area contributed by atoms with Crippen molar-refractivity contribution in [2.45, 2.75) is 0 Å². The van der Waals surface area contributed by atoms with Crippen molar-refractivity contribution in [3.05, 3.63) is 59.9 Å². The number of hydrogen-bond acceptors (Lipinski definition) is 1. The molecule has 0 saturated heterocycles. The van der Waals surface area contributed by atoms with Crippen molar-refractivity contribution >= 4 is 75.3 Å². The van der Waals surface area contributed by atoms with Crippen molar-refractivity contribution in [3.63, 3.8) is 0 Å². The van der Waals surface area contributed by atoms with E-state index in [9.17, 15) is 4.79 Å². The number of para-hydroxylation sites is 1. The largest absolute Gasteiger partial charge is 0.320 e. The van der Waals surface area contributed by atoms with Gasteiger partial charge in [0.25, 0.3) is 5.91 Å². The van der Waals surface area contributed by atoms with Gasteiger partial charge in [-0.05, 0) is 78.1 Å². The Labute approximate surface area is 144 Å². The van der Waals surface area contributed by atoms with Gasteiger partial charge in [-0.25, -0.2) is 0 Å². The minimum Gasteiger partial charge on any atom is -0.320 e. The predicted molar refractivity (Wildman–Crippen MR) is 91.6 cm³/mol. The molecule has 2 rings (SSSR count). The molecule has 0 radical (unpaired) electrons. The number of carbonyl (C=O) groups is 1. The van der Waals surface area contributed by atoms with Gasteiger partial charge in [0, 0.05) is 17.9 Å². The molecule has 19 heavy (non-hydrogen) atoms. The summed E-state index contributed by atoms with van der Waals surface area (Å²) in [5, 5.41) is 2.88.